The van der Waals surface area contributed by atoms with Gasteiger partial charge in [0.2, 0.25) is 15.9 Å². The monoisotopic (exact) mass is 428 g/mol. The van der Waals surface area contributed by atoms with Crippen molar-refractivity contribution in [3.05, 3.63) is 64.1 Å². The average molecular weight is 429 g/mol. The van der Waals surface area contributed by atoms with Crippen LogP contribution in [0.3, 0.4) is 0 Å². The fourth-order valence-electron chi connectivity index (χ4n) is 2.64. The lowest BCUT2D eigenvalue weighted by molar-refractivity contribution is -0.131. The molecule has 0 heterocycles. The van der Waals surface area contributed by atoms with Crippen LogP contribution in [0, 0.1) is 0 Å². The Labute approximate surface area is 170 Å². The van der Waals surface area contributed by atoms with Crippen molar-refractivity contribution in [1.82, 2.24) is 9.21 Å². The van der Waals surface area contributed by atoms with Crippen molar-refractivity contribution in [3.63, 3.8) is 0 Å². The Morgan fingerprint density at radius 1 is 0.963 bits per heavy atom. The fraction of sp³-hybridized carbons (Fsp3) is 0.316. The molecule has 0 saturated carbocycles. The minimum Gasteiger partial charge on any atom is -0.342 e. The van der Waals surface area contributed by atoms with Crippen LogP contribution in [-0.4, -0.2) is 43.2 Å². The lowest BCUT2D eigenvalue weighted by atomic mass is 10.2. The molecule has 0 aliphatic heterocycles. The second-order valence-corrected chi connectivity index (χ2v) is 8.65. The van der Waals surface area contributed by atoms with Crippen molar-refractivity contribution in [2.75, 3.05) is 19.6 Å². The number of sulfonamides is 1. The minimum atomic E-state index is -3.86. The third kappa shape index (κ3) is 5.45. The number of carbonyl (C=O) groups is 1. The number of amides is 1. The SMILES string of the molecule is CCN(CC)C(=O)CN(Cc1ccc(Cl)c(Cl)c1)S(=O)(=O)c1ccccc1. The van der Waals surface area contributed by atoms with E-state index in [4.69, 9.17) is 23.2 Å². The van der Waals surface area contributed by atoms with E-state index in [9.17, 15) is 13.2 Å². The summed E-state index contributed by atoms with van der Waals surface area (Å²) in [6, 6.07) is 13.0. The quantitative estimate of drug-likeness (QED) is 0.636. The van der Waals surface area contributed by atoms with E-state index in [2.05, 4.69) is 0 Å². The molecule has 0 unspecified atom stereocenters. The molecule has 0 atom stereocenters. The molecule has 0 bridgehead atoms. The molecule has 0 saturated heterocycles. The highest BCUT2D eigenvalue weighted by atomic mass is 35.5. The second kappa shape index (κ2) is 9.55. The number of benzene rings is 2. The Morgan fingerprint density at radius 3 is 2.15 bits per heavy atom. The summed E-state index contributed by atoms with van der Waals surface area (Å²) in [5, 5.41) is 0.721. The Kier molecular flexibility index (Phi) is 7.68. The lowest BCUT2D eigenvalue weighted by Gasteiger charge is -2.26. The smallest absolute Gasteiger partial charge is 0.243 e. The summed E-state index contributed by atoms with van der Waals surface area (Å²) in [4.78, 5) is 14.3. The Bertz CT molecular complexity index is 885. The number of rotatable bonds is 8. The summed E-state index contributed by atoms with van der Waals surface area (Å²) in [6.07, 6.45) is 0. The second-order valence-electron chi connectivity index (χ2n) is 5.90. The predicted molar refractivity (Wildman–Crippen MR) is 108 cm³/mol. The Hall–Kier alpha value is -1.60. The molecule has 0 aliphatic carbocycles. The molecule has 1 amide bonds. The predicted octanol–water partition coefficient (Wildman–Crippen LogP) is 4.05. The van der Waals surface area contributed by atoms with Crippen molar-refractivity contribution in [1.29, 1.82) is 0 Å². The molecule has 2 aromatic rings. The summed E-state index contributed by atoms with van der Waals surface area (Å²) in [6.45, 7) is 4.51. The summed E-state index contributed by atoms with van der Waals surface area (Å²) in [5.74, 6) is -0.250. The van der Waals surface area contributed by atoms with Gasteiger partial charge in [0, 0.05) is 19.6 Å². The molecule has 0 aliphatic rings. The van der Waals surface area contributed by atoms with E-state index in [1.54, 1.807) is 41.3 Å². The van der Waals surface area contributed by atoms with Crippen LogP contribution in [-0.2, 0) is 21.4 Å². The zero-order valence-corrected chi connectivity index (χ0v) is 17.6. The molecular formula is C19H22Cl2N2O3S. The first-order valence-corrected chi connectivity index (χ1v) is 10.8. The van der Waals surface area contributed by atoms with E-state index in [-0.39, 0.29) is 23.9 Å². The first-order chi connectivity index (χ1) is 12.8. The molecule has 0 fully saturated rings. The molecule has 2 aromatic carbocycles. The zero-order valence-electron chi connectivity index (χ0n) is 15.2. The molecular weight excluding hydrogens is 407 g/mol. The van der Waals surface area contributed by atoms with E-state index in [1.165, 1.54) is 16.4 Å². The maximum Gasteiger partial charge on any atom is 0.243 e. The normalized spacial score (nSPS) is 11.6. The van der Waals surface area contributed by atoms with Crippen molar-refractivity contribution in [3.8, 4) is 0 Å². The first-order valence-electron chi connectivity index (χ1n) is 8.56. The number of nitrogens with zero attached hydrogens (tertiary/aromatic N) is 2. The van der Waals surface area contributed by atoms with Gasteiger partial charge in [-0.3, -0.25) is 4.79 Å². The van der Waals surface area contributed by atoms with E-state index in [0.717, 1.165) is 0 Å². The van der Waals surface area contributed by atoms with E-state index in [0.29, 0.717) is 28.7 Å². The van der Waals surface area contributed by atoms with Crippen molar-refractivity contribution in [2.24, 2.45) is 0 Å². The molecule has 0 radical (unpaired) electrons. The Morgan fingerprint density at radius 2 is 1.59 bits per heavy atom. The highest BCUT2D eigenvalue weighted by molar-refractivity contribution is 7.89. The first kappa shape index (κ1) is 21.7. The number of halogens is 2. The van der Waals surface area contributed by atoms with Gasteiger partial charge in [0.1, 0.15) is 0 Å². The van der Waals surface area contributed by atoms with Gasteiger partial charge in [0.15, 0.2) is 0 Å². The maximum atomic E-state index is 13.1. The van der Waals surface area contributed by atoms with Crippen molar-refractivity contribution in [2.45, 2.75) is 25.3 Å². The Balaban J connectivity index is 2.38. The number of likely N-dealkylation sites (N-methyl/N-ethyl adjacent to an activating group) is 1. The van der Waals surface area contributed by atoms with Gasteiger partial charge in [0.05, 0.1) is 21.5 Å². The van der Waals surface area contributed by atoms with Crippen LogP contribution in [0.1, 0.15) is 19.4 Å². The van der Waals surface area contributed by atoms with E-state index >= 15 is 0 Å². The highest BCUT2D eigenvalue weighted by Gasteiger charge is 2.28. The van der Waals surface area contributed by atoms with Crippen LogP contribution in [0.2, 0.25) is 10.0 Å². The highest BCUT2D eigenvalue weighted by Crippen LogP contribution is 2.25. The van der Waals surface area contributed by atoms with Gasteiger partial charge in [-0.1, -0.05) is 47.5 Å². The molecule has 0 N–H and O–H groups in total. The van der Waals surface area contributed by atoms with Gasteiger partial charge in [-0.2, -0.15) is 4.31 Å². The van der Waals surface area contributed by atoms with Crippen LogP contribution in [0.15, 0.2) is 53.4 Å². The topological polar surface area (TPSA) is 57.7 Å². The summed E-state index contributed by atoms with van der Waals surface area (Å²) >= 11 is 12.0. The van der Waals surface area contributed by atoms with Crippen LogP contribution in [0.5, 0.6) is 0 Å². The molecule has 0 aromatic heterocycles. The summed E-state index contributed by atoms with van der Waals surface area (Å²) < 4.78 is 27.4. The van der Waals surface area contributed by atoms with Crippen LogP contribution in [0.25, 0.3) is 0 Å². The van der Waals surface area contributed by atoms with Gasteiger partial charge in [0.25, 0.3) is 0 Å². The van der Waals surface area contributed by atoms with E-state index < -0.39 is 10.0 Å². The molecule has 8 heteroatoms. The maximum absolute atomic E-state index is 13.1. The standard InChI is InChI=1S/C19H22Cl2N2O3S/c1-3-22(4-2)19(24)14-23(13-15-10-11-17(20)18(21)12-15)27(25,26)16-8-6-5-7-9-16/h5-12H,3-4,13-14H2,1-2H3. The van der Waals surface area contributed by atoms with Crippen LogP contribution < -0.4 is 0 Å². The molecule has 27 heavy (non-hydrogen) atoms. The minimum absolute atomic E-state index is 0.0150. The summed E-state index contributed by atoms with van der Waals surface area (Å²) in [7, 11) is -3.86. The number of hydrogen-bond acceptors (Lipinski definition) is 3. The molecule has 5 nitrogen and oxygen atoms in total. The largest absolute Gasteiger partial charge is 0.342 e. The molecule has 0 spiro atoms. The van der Waals surface area contributed by atoms with Gasteiger partial charge in [-0.05, 0) is 43.7 Å². The van der Waals surface area contributed by atoms with Gasteiger partial charge in [-0.15, -0.1) is 0 Å². The number of hydrogen-bond donors (Lipinski definition) is 0. The molecule has 2 rings (SSSR count). The third-order valence-corrected chi connectivity index (χ3v) is 6.70. The summed E-state index contributed by atoms with van der Waals surface area (Å²) in [5.41, 5.74) is 0.649. The van der Waals surface area contributed by atoms with Crippen molar-refractivity contribution < 1.29 is 13.2 Å². The van der Waals surface area contributed by atoms with Gasteiger partial charge >= 0.3 is 0 Å². The van der Waals surface area contributed by atoms with Gasteiger partial charge in [-0.25, -0.2) is 8.42 Å². The molecule has 146 valence electrons. The fourth-order valence-corrected chi connectivity index (χ4v) is 4.36. The van der Waals surface area contributed by atoms with Crippen LogP contribution in [0.4, 0.5) is 0 Å². The number of carbonyl (C=O) groups excluding carboxylic acids is 1. The average Bonchev–Trinajstić information content (AvgIpc) is 2.66. The van der Waals surface area contributed by atoms with Crippen molar-refractivity contribution >= 4 is 39.1 Å². The third-order valence-electron chi connectivity index (χ3n) is 4.15. The van der Waals surface area contributed by atoms with E-state index in [1.807, 2.05) is 13.8 Å². The van der Waals surface area contributed by atoms with Gasteiger partial charge < -0.3 is 4.90 Å². The lowest BCUT2D eigenvalue weighted by Crippen LogP contribution is -2.42. The van der Waals surface area contributed by atoms with Crippen LogP contribution >= 0.6 is 23.2 Å². The zero-order chi connectivity index (χ0) is 20.0.